The van der Waals surface area contributed by atoms with Gasteiger partial charge >= 0.3 is 0 Å². The average molecular weight is 574 g/mol. The fourth-order valence-electron chi connectivity index (χ4n) is 4.12. The Morgan fingerprint density at radius 2 is 1.77 bits per heavy atom. The van der Waals surface area contributed by atoms with Gasteiger partial charge in [-0.2, -0.15) is 5.10 Å². The second-order valence-electron chi connectivity index (χ2n) is 8.91. The average Bonchev–Trinajstić information content (AvgIpc) is 3.43. The highest BCUT2D eigenvalue weighted by molar-refractivity contribution is 7.92. The molecule has 3 aromatic carbocycles. The number of nitrogen functional groups attached to an aromatic ring is 1. The molecule has 2 aromatic heterocycles. The first kappa shape index (κ1) is 26.7. The number of sulfonamides is 1. The largest absolute Gasteiger partial charge is 0.454 e. The van der Waals surface area contributed by atoms with Crippen LogP contribution in [-0.4, -0.2) is 35.2 Å². The molecule has 0 aliphatic rings. The number of aromatic nitrogens is 3. The Balaban J connectivity index is 1.46. The van der Waals surface area contributed by atoms with E-state index in [0.29, 0.717) is 0 Å². The van der Waals surface area contributed by atoms with Crippen LogP contribution >= 0.6 is 0 Å². The Morgan fingerprint density at radius 1 is 1.02 bits per heavy atom. The Hall–Kier alpha value is -4.85. The quantitative estimate of drug-likeness (QED) is 0.181. The number of carbonyl (C=O) groups is 1. The fourth-order valence-corrected chi connectivity index (χ4v) is 4.68. The molecular formula is C26H19F4N5O4S. The van der Waals surface area contributed by atoms with Crippen LogP contribution in [0.4, 0.5) is 29.1 Å². The number of aryl methyl sites for hydroxylation is 1. The van der Waals surface area contributed by atoms with Crippen molar-refractivity contribution in [2.75, 3.05) is 16.7 Å². The smallest absolute Gasteiger partial charge is 0.229 e. The summed E-state index contributed by atoms with van der Waals surface area (Å²) in [4.78, 5) is 16.0. The third-order valence-electron chi connectivity index (χ3n) is 5.86. The molecule has 4 N–H and O–H groups in total. The van der Waals surface area contributed by atoms with Crippen LogP contribution in [0, 0.1) is 30.2 Å². The third-order valence-corrected chi connectivity index (χ3v) is 6.45. The van der Waals surface area contributed by atoms with Gasteiger partial charge in [-0.15, -0.1) is 0 Å². The standard InChI is InChI=1S/C26H19F4N5O4S/c1-12-5-15(39-23-8-14(27)3-4-17(23)28)9-19(30)24(12)35-26(31)16(11-32-35)25(36)22-7-13-6-18(29)21(10-20(13)33-22)34-40(2,37)38/h3-11,33-34H,31H2,1-2H3. The van der Waals surface area contributed by atoms with Gasteiger partial charge in [-0.3, -0.25) is 9.52 Å². The number of nitrogens with one attached hydrogen (secondary N) is 2. The van der Waals surface area contributed by atoms with Crippen LogP contribution < -0.4 is 15.2 Å². The van der Waals surface area contributed by atoms with E-state index < -0.39 is 44.8 Å². The van der Waals surface area contributed by atoms with E-state index in [4.69, 9.17) is 10.5 Å². The summed E-state index contributed by atoms with van der Waals surface area (Å²) in [5.41, 5.74) is 6.18. The second kappa shape index (κ2) is 9.72. The lowest BCUT2D eigenvalue weighted by molar-refractivity contribution is 0.103. The second-order valence-corrected chi connectivity index (χ2v) is 10.7. The van der Waals surface area contributed by atoms with E-state index in [0.717, 1.165) is 47.5 Å². The predicted octanol–water partition coefficient (Wildman–Crippen LogP) is 5.20. The molecule has 5 aromatic rings. The van der Waals surface area contributed by atoms with Crippen molar-refractivity contribution in [2.45, 2.75) is 6.92 Å². The van der Waals surface area contributed by atoms with E-state index in [-0.39, 0.29) is 50.7 Å². The van der Waals surface area contributed by atoms with E-state index in [1.807, 2.05) is 0 Å². The summed E-state index contributed by atoms with van der Waals surface area (Å²) in [6.45, 7) is 1.50. The highest BCUT2D eigenvalue weighted by Gasteiger charge is 2.23. The maximum Gasteiger partial charge on any atom is 0.229 e. The fraction of sp³-hybridized carbons (Fsp3) is 0.0769. The molecule has 0 amide bonds. The van der Waals surface area contributed by atoms with Crippen LogP contribution in [-0.2, 0) is 10.0 Å². The molecule has 40 heavy (non-hydrogen) atoms. The van der Waals surface area contributed by atoms with Gasteiger partial charge in [0.2, 0.25) is 15.8 Å². The van der Waals surface area contributed by atoms with Crippen molar-refractivity contribution < 1.29 is 35.5 Å². The lowest BCUT2D eigenvalue weighted by atomic mass is 10.1. The van der Waals surface area contributed by atoms with Gasteiger partial charge in [0, 0.05) is 23.0 Å². The summed E-state index contributed by atoms with van der Waals surface area (Å²) < 4.78 is 88.3. The van der Waals surface area contributed by atoms with E-state index >= 15 is 4.39 Å². The van der Waals surface area contributed by atoms with Crippen molar-refractivity contribution in [3.05, 3.63) is 94.8 Å². The molecule has 0 fully saturated rings. The Kier molecular flexibility index (Phi) is 6.50. The molecule has 0 bridgehead atoms. The molecule has 0 spiro atoms. The molecule has 0 aliphatic heterocycles. The number of anilines is 2. The van der Waals surface area contributed by atoms with Gasteiger partial charge in [0.05, 0.1) is 29.4 Å². The summed E-state index contributed by atoms with van der Waals surface area (Å²) in [6, 6.07) is 8.52. The molecule has 0 unspecified atom stereocenters. The number of ketones is 1. The predicted molar refractivity (Wildman–Crippen MR) is 139 cm³/mol. The molecule has 0 saturated heterocycles. The molecular weight excluding hydrogens is 554 g/mol. The third kappa shape index (κ3) is 5.08. The van der Waals surface area contributed by atoms with Crippen molar-refractivity contribution >= 4 is 38.2 Å². The highest BCUT2D eigenvalue weighted by atomic mass is 32.2. The number of rotatable bonds is 7. The zero-order chi connectivity index (χ0) is 28.9. The minimum atomic E-state index is -3.75. The van der Waals surface area contributed by atoms with Gasteiger partial charge in [0.1, 0.15) is 28.9 Å². The Morgan fingerprint density at radius 3 is 2.48 bits per heavy atom. The van der Waals surface area contributed by atoms with E-state index in [9.17, 15) is 26.4 Å². The lowest BCUT2D eigenvalue weighted by Crippen LogP contribution is -2.10. The van der Waals surface area contributed by atoms with Crippen molar-refractivity contribution in [2.24, 2.45) is 0 Å². The first-order valence-electron chi connectivity index (χ1n) is 11.4. The van der Waals surface area contributed by atoms with Crippen LogP contribution in [0.2, 0.25) is 0 Å². The Bertz CT molecular complexity index is 1910. The number of carbonyl (C=O) groups excluding carboxylic acids is 1. The maximum absolute atomic E-state index is 15.2. The van der Waals surface area contributed by atoms with Gasteiger partial charge in [0.15, 0.2) is 17.4 Å². The number of nitrogens with two attached hydrogens (primary N) is 1. The topological polar surface area (TPSA) is 132 Å². The van der Waals surface area contributed by atoms with Gasteiger partial charge in [-0.25, -0.2) is 30.7 Å². The molecule has 5 rings (SSSR count). The van der Waals surface area contributed by atoms with Gasteiger partial charge < -0.3 is 15.5 Å². The number of aromatic amines is 1. The zero-order valence-corrected chi connectivity index (χ0v) is 21.5. The zero-order valence-electron chi connectivity index (χ0n) is 20.7. The molecule has 0 aliphatic carbocycles. The first-order valence-corrected chi connectivity index (χ1v) is 13.3. The van der Waals surface area contributed by atoms with E-state index in [1.165, 1.54) is 25.1 Å². The van der Waals surface area contributed by atoms with Crippen molar-refractivity contribution in [1.82, 2.24) is 14.8 Å². The summed E-state index contributed by atoms with van der Waals surface area (Å²) in [5.74, 6) is -4.69. The van der Waals surface area contributed by atoms with Crippen molar-refractivity contribution in [3.63, 3.8) is 0 Å². The SMILES string of the molecule is Cc1cc(Oc2cc(F)ccc2F)cc(F)c1-n1ncc(C(=O)c2cc3cc(F)c(NS(C)(=O)=O)cc3[nH]2)c1N. The number of ether oxygens (including phenoxy) is 1. The van der Waals surface area contributed by atoms with E-state index in [1.54, 1.807) is 0 Å². The van der Waals surface area contributed by atoms with Crippen molar-refractivity contribution in [3.8, 4) is 17.2 Å². The van der Waals surface area contributed by atoms with Crippen LogP contribution in [0.1, 0.15) is 21.6 Å². The molecule has 9 nitrogen and oxygen atoms in total. The summed E-state index contributed by atoms with van der Waals surface area (Å²) in [5, 5.41) is 4.34. The molecule has 2 heterocycles. The maximum atomic E-state index is 15.2. The Labute approximate surface area is 224 Å². The molecule has 0 saturated carbocycles. The normalized spacial score (nSPS) is 11.7. The minimum Gasteiger partial charge on any atom is -0.454 e. The monoisotopic (exact) mass is 573 g/mol. The number of H-pyrrole nitrogens is 1. The van der Waals surface area contributed by atoms with Gasteiger partial charge in [0.25, 0.3) is 0 Å². The summed E-state index contributed by atoms with van der Waals surface area (Å²) >= 11 is 0. The van der Waals surface area contributed by atoms with Crippen molar-refractivity contribution in [1.29, 1.82) is 0 Å². The molecule has 14 heteroatoms. The first-order chi connectivity index (χ1) is 18.8. The van der Waals surface area contributed by atoms with E-state index in [2.05, 4.69) is 14.8 Å². The summed E-state index contributed by atoms with van der Waals surface area (Å²) in [6.07, 6.45) is 2.00. The molecule has 206 valence electrons. The molecule has 0 atom stereocenters. The highest BCUT2D eigenvalue weighted by Crippen LogP contribution is 2.32. The van der Waals surface area contributed by atoms with Crippen LogP contribution in [0.3, 0.4) is 0 Å². The number of halogens is 4. The van der Waals surface area contributed by atoms with Crippen LogP contribution in [0.25, 0.3) is 16.6 Å². The minimum absolute atomic E-state index is 0.00443. The number of fused-ring (bicyclic) bond motifs is 1. The number of nitrogens with zero attached hydrogens (tertiary/aromatic N) is 2. The van der Waals surface area contributed by atoms with Gasteiger partial charge in [-0.1, -0.05) is 0 Å². The van der Waals surface area contributed by atoms with Crippen LogP contribution in [0.15, 0.2) is 54.7 Å². The summed E-state index contributed by atoms with van der Waals surface area (Å²) in [7, 11) is -3.75. The number of hydrogen-bond donors (Lipinski definition) is 3. The lowest BCUT2D eigenvalue weighted by Gasteiger charge is -2.13. The van der Waals surface area contributed by atoms with Crippen LogP contribution in [0.5, 0.6) is 11.5 Å². The number of hydrogen-bond acceptors (Lipinski definition) is 6. The molecule has 0 radical (unpaired) electrons. The number of benzene rings is 3. The van der Waals surface area contributed by atoms with Gasteiger partial charge in [-0.05, 0) is 48.9 Å².